The summed E-state index contributed by atoms with van der Waals surface area (Å²) in [6.07, 6.45) is 0. The second-order valence-corrected chi connectivity index (χ2v) is 5.09. The lowest BCUT2D eigenvalue weighted by atomic mass is 10.1. The van der Waals surface area contributed by atoms with E-state index in [9.17, 15) is 9.59 Å². The summed E-state index contributed by atoms with van der Waals surface area (Å²) in [6.45, 7) is 1.49. The molecular formula is C18H15NO3. The van der Waals surface area contributed by atoms with Gasteiger partial charge < -0.3 is 9.72 Å². The van der Waals surface area contributed by atoms with Crippen molar-refractivity contribution in [3.8, 4) is 17.0 Å². The zero-order chi connectivity index (χ0) is 15.7. The number of hydrogen-bond acceptors (Lipinski definition) is 3. The molecule has 0 aliphatic rings. The summed E-state index contributed by atoms with van der Waals surface area (Å²) in [5, 5.41) is 0.518. The number of ketones is 1. The van der Waals surface area contributed by atoms with E-state index in [0.717, 1.165) is 17.0 Å². The molecular weight excluding hydrogens is 278 g/mol. The summed E-state index contributed by atoms with van der Waals surface area (Å²) in [5.74, 6) is 0.707. The molecule has 3 aromatic rings. The molecule has 0 unspecified atom stereocenters. The fourth-order valence-electron chi connectivity index (χ4n) is 2.39. The van der Waals surface area contributed by atoms with Gasteiger partial charge in [0.15, 0.2) is 11.2 Å². The van der Waals surface area contributed by atoms with E-state index in [2.05, 4.69) is 4.98 Å². The van der Waals surface area contributed by atoms with Gasteiger partial charge in [0.1, 0.15) is 5.75 Å². The maximum absolute atomic E-state index is 12.3. The minimum absolute atomic E-state index is 0.0551. The number of methoxy groups -OCH3 is 1. The highest BCUT2D eigenvalue weighted by Gasteiger charge is 2.07. The number of aromatic nitrogens is 1. The summed E-state index contributed by atoms with van der Waals surface area (Å²) in [6, 6.07) is 14.1. The van der Waals surface area contributed by atoms with Crippen LogP contribution < -0.4 is 10.2 Å². The van der Waals surface area contributed by atoms with Crippen LogP contribution in [0.1, 0.15) is 17.3 Å². The summed E-state index contributed by atoms with van der Waals surface area (Å²) in [4.78, 5) is 27.0. The van der Waals surface area contributed by atoms with Crippen LogP contribution in [0.15, 0.2) is 53.3 Å². The molecule has 1 heterocycles. The van der Waals surface area contributed by atoms with Gasteiger partial charge in [0, 0.05) is 28.2 Å². The maximum atomic E-state index is 12.3. The monoisotopic (exact) mass is 293 g/mol. The Labute approximate surface area is 127 Å². The Morgan fingerprint density at radius 3 is 2.41 bits per heavy atom. The van der Waals surface area contributed by atoms with Gasteiger partial charge in [-0.3, -0.25) is 9.59 Å². The third-order valence-corrected chi connectivity index (χ3v) is 3.64. The van der Waals surface area contributed by atoms with E-state index in [1.54, 1.807) is 31.4 Å². The molecule has 2 aromatic carbocycles. The van der Waals surface area contributed by atoms with Gasteiger partial charge in [-0.25, -0.2) is 0 Å². The van der Waals surface area contributed by atoms with Crippen molar-refractivity contribution in [2.75, 3.05) is 7.11 Å². The number of nitrogens with one attached hydrogen (secondary N) is 1. The van der Waals surface area contributed by atoms with Crippen LogP contribution in [-0.2, 0) is 0 Å². The summed E-state index contributed by atoms with van der Waals surface area (Å²) in [5.41, 5.74) is 2.77. The van der Waals surface area contributed by atoms with Gasteiger partial charge in [-0.15, -0.1) is 0 Å². The minimum atomic E-state index is -0.109. The summed E-state index contributed by atoms with van der Waals surface area (Å²) >= 11 is 0. The molecule has 4 nitrogen and oxygen atoms in total. The van der Waals surface area contributed by atoms with E-state index in [0.29, 0.717) is 16.5 Å². The Bertz CT molecular complexity index is 908. The van der Waals surface area contributed by atoms with Gasteiger partial charge >= 0.3 is 0 Å². The average Bonchev–Trinajstić information content (AvgIpc) is 2.54. The van der Waals surface area contributed by atoms with Crippen molar-refractivity contribution in [3.63, 3.8) is 0 Å². The predicted octanol–water partition coefficient (Wildman–Crippen LogP) is 3.41. The topological polar surface area (TPSA) is 59.2 Å². The van der Waals surface area contributed by atoms with Crippen LogP contribution in [0.2, 0.25) is 0 Å². The van der Waals surface area contributed by atoms with Crippen LogP contribution in [0.5, 0.6) is 5.75 Å². The van der Waals surface area contributed by atoms with Gasteiger partial charge in [0.25, 0.3) is 0 Å². The van der Waals surface area contributed by atoms with Crippen molar-refractivity contribution in [1.29, 1.82) is 0 Å². The number of carbonyl (C=O) groups is 1. The first-order valence-electron chi connectivity index (χ1n) is 6.91. The standard InChI is InChI=1S/C18H15NO3/c1-11(20)13-5-8-16-15(9-13)18(21)10-17(19-16)12-3-6-14(22-2)7-4-12/h3-10H,1-2H3,(H,19,21). The Morgan fingerprint density at radius 2 is 1.77 bits per heavy atom. The Kier molecular flexibility index (Phi) is 3.51. The van der Waals surface area contributed by atoms with Crippen LogP contribution in [0.25, 0.3) is 22.2 Å². The molecule has 0 amide bonds. The number of fused-ring (bicyclic) bond motifs is 1. The predicted molar refractivity (Wildman–Crippen MR) is 86.6 cm³/mol. The molecule has 0 aliphatic carbocycles. The number of hydrogen-bond donors (Lipinski definition) is 1. The second kappa shape index (κ2) is 5.48. The maximum Gasteiger partial charge on any atom is 0.190 e. The Morgan fingerprint density at radius 1 is 1.05 bits per heavy atom. The average molecular weight is 293 g/mol. The van der Waals surface area contributed by atoms with Crippen molar-refractivity contribution in [2.45, 2.75) is 6.92 Å². The van der Waals surface area contributed by atoms with E-state index in [1.807, 2.05) is 24.3 Å². The number of rotatable bonds is 3. The van der Waals surface area contributed by atoms with Gasteiger partial charge in [-0.05, 0) is 55.0 Å². The Hall–Kier alpha value is -2.88. The molecule has 0 bridgehead atoms. The molecule has 3 rings (SSSR count). The first-order valence-corrected chi connectivity index (χ1v) is 6.91. The largest absolute Gasteiger partial charge is 0.497 e. The van der Waals surface area contributed by atoms with Crippen molar-refractivity contribution in [3.05, 3.63) is 64.3 Å². The SMILES string of the molecule is COc1ccc(-c2cc(=O)c3cc(C(C)=O)ccc3[nH]2)cc1. The first kappa shape index (κ1) is 14.1. The van der Waals surface area contributed by atoms with Crippen molar-refractivity contribution in [1.82, 2.24) is 4.98 Å². The Balaban J connectivity index is 2.14. The highest BCUT2D eigenvalue weighted by molar-refractivity contribution is 5.98. The molecule has 22 heavy (non-hydrogen) atoms. The molecule has 0 saturated heterocycles. The zero-order valence-corrected chi connectivity index (χ0v) is 12.3. The fraction of sp³-hybridized carbons (Fsp3) is 0.111. The highest BCUT2D eigenvalue weighted by atomic mass is 16.5. The molecule has 0 saturated carbocycles. The van der Waals surface area contributed by atoms with E-state index >= 15 is 0 Å². The lowest BCUT2D eigenvalue weighted by Gasteiger charge is -2.07. The normalized spacial score (nSPS) is 10.6. The van der Waals surface area contributed by atoms with Crippen molar-refractivity contribution in [2.24, 2.45) is 0 Å². The number of Topliss-reactive ketones (excluding diaryl/α,β-unsaturated/α-hetero) is 1. The number of carbonyl (C=O) groups excluding carboxylic acids is 1. The molecule has 1 N–H and O–H groups in total. The van der Waals surface area contributed by atoms with E-state index in [-0.39, 0.29) is 11.2 Å². The minimum Gasteiger partial charge on any atom is -0.497 e. The van der Waals surface area contributed by atoms with Gasteiger partial charge in [-0.1, -0.05) is 0 Å². The number of aromatic amines is 1. The molecule has 4 heteroatoms. The van der Waals surface area contributed by atoms with Crippen LogP contribution in [0, 0.1) is 0 Å². The molecule has 0 atom stereocenters. The number of ether oxygens (including phenoxy) is 1. The van der Waals surface area contributed by atoms with E-state index in [4.69, 9.17) is 4.74 Å². The number of benzene rings is 2. The van der Waals surface area contributed by atoms with Crippen LogP contribution >= 0.6 is 0 Å². The van der Waals surface area contributed by atoms with Gasteiger partial charge in [0.2, 0.25) is 0 Å². The summed E-state index contributed by atoms with van der Waals surface area (Å²) < 4.78 is 5.13. The van der Waals surface area contributed by atoms with Crippen LogP contribution in [0.4, 0.5) is 0 Å². The first-order chi connectivity index (χ1) is 10.6. The van der Waals surface area contributed by atoms with Gasteiger partial charge in [0.05, 0.1) is 7.11 Å². The fourth-order valence-corrected chi connectivity index (χ4v) is 2.39. The second-order valence-electron chi connectivity index (χ2n) is 5.09. The van der Waals surface area contributed by atoms with Gasteiger partial charge in [-0.2, -0.15) is 0 Å². The third-order valence-electron chi connectivity index (χ3n) is 3.64. The lowest BCUT2D eigenvalue weighted by molar-refractivity contribution is 0.101. The molecule has 0 spiro atoms. The van der Waals surface area contributed by atoms with Crippen LogP contribution in [-0.4, -0.2) is 17.9 Å². The smallest absolute Gasteiger partial charge is 0.190 e. The quantitative estimate of drug-likeness (QED) is 0.753. The molecule has 110 valence electrons. The van der Waals surface area contributed by atoms with Crippen LogP contribution in [0.3, 0.4) is 0 Å². The number of pyridine rings is 1. The summed E-state index contributed by atoms with van der Waals surface area (Å²) in [7, 11) is 1.61. The highest BCUT2D eigenvalue weighted by Crippen LogP contribution is 2.22. The van der Waals surface area contributed by atoms with Crippen molar-refractivity contribution < 1.29 is 9.53 Å². The molecule has 0 aliphatic heterocycles. The number of H-pyrrole nitrogens is 1. The van der Waals surface area contributed by atoms with E-state index < -0.39 is 0 Å². The molecule has 0 radical (unpaired) electrons. The third kappa shape index (κ3) is 2.51. The molecule has 1 aromatic heterocycles. The van der Waals surface area contributed by atoms with Crippen molar-refractivity contribution >= 4 is 16.7 Å². The van der Waals surface area contributed by atoms with E-state index in [1.165, 1.54) is 6.92 Å². The zero-order valence-electron chi connectivity index (χ0n) is 12.3. The molecule has 0 fully saturated rings. The lowest BCUT2D eigenvalue weighted by Crippen LogP contribution is -2.04.